The van der Waals surface area contributed by atoms with Crippen molar-refractivity contribution < 1.29 is 14.3 Å². The molecular weight excluding hydrogens is 338 g/mol. The van der Waals surface area contributed by atoms with E-state index < -0.39 is 5.97 Å². The Bertz CT molecular complexity index is 1130. The Labute approximate surface area is 156 Å². The SMILES string of the molecule is COC(=O)c1c(-c2ccccc2)c(C(=O)c2ccccc2)c2ccccn12. The van der Waals surface area contributed by atoms with Gasteiger partial charge in [-0.2, -0.15) is 0 Å². The summed E-state index contributed by atoms with van der Waals surface area (Å²) in [6, 6.07) is 24.1. The summed E-state index contributed by atoms with van der Waals surface area (Å²) in [5, 5.41) is 0. The van der Waals surface area contributed by atoms with Gasteiger partial charge in [0.25, 0.3) is 0 Å². The number of hydrogen-bond donors (Lipinski definition) is 0. The van der Waals surface area contributed by atoms with E-state index in [0.29, 0.717) is 27.9 Å². The Morgan fingerprint density at radius 1 is 0.815 bits per heavy atom. The van der Waals surface area contributed by atoms with Crippen molar-refractivity contribution in [1.82, 2.24) is 4.40 Å². The van der Waals surface area contributed by atoms with E-state index in [0.717, 1.165) is 5.56 Å². The van der Waals surface area contributed by atoms with Gasteiger partial charge in [0.05, 0.1) is 18.2 Å². The number of esters is 1. The van der Waals surface area contributed by atoms with E-state index in [1.807, 2.05) is 66.7 Å². The zero-order valence-corrected chi connectivity index (χ0v) is 14.8. The van der Waals surface area contributed by atoms with Gasteiger partial charge in [0.2, 0.25) is 0 Å². The molecule has 2 heterocycles. The quantitative estimate of drug-likeness (QED) is 0.396. The fraction of sp³-hybridized carbons (Fsp3) is 0.0435. The monoisotopic (exact) mass is 355 g/mol. The second kappa shape index (κ2) is 6.92. The first kappa shape index (κ1) is 16.8. The number of rotatable bonds is 4. The lowest BCUT2D eigenvalue weighted by molar-refractivity contribution is 0.0594. The molecule has 0 N–H and O–H groups in total. The molecule has 0 unspecified atom stereocenters. The number of fused-ring (bicyclic) bond motifs is 1. The van der Waals surface area contributed by atoms with Crippen LogP contribution in [0.25, 0.3) is 16.6 Å². The summed E-state index contributed by atoms with van der Waals surface area (Å²) in [4.78, 5) is 26.1. The maximum atomic E-state index is 13.4. The van der Waals surface area contributed by atoms with Crippen molar-refractivity contribution in [3.63, 3.8) is 0 Å². The van der Waals surface area contributed by atoms with Crippen LogP contribution in [-0.4, -0.2) is 23.3 Å². The first-order valence-corrected chi connectivity index (χ1v) is 8.59. The molecular formula is C23H17NO3. The molecule has 0 aliphatic carbocycles. The van der Waals surface area contributed by atoms with Crippen LogP contribution < -0.4 is 0 Å². The molecule has 0 spiro atoms. The number of nitrogens with zero attached hydrogens (tertiary/aromatic N) is 1. The van der Waals surface area contributed by atoms with Crippen molar-refractivity contribution in [1.29, 1.82) is 0 Å². The molecule has 4 aromatic rings. The molecule has 4 nitrogen and oxygen atoms in total. The molecule has 0 saturated heterocycles. The third kappa shape index (κ3) is 2.81. The van der Waals surface area contributed by atoms with Crippen LogP contribution in [0.2, 0.25) is 0 Å². The third-order valence-electron chi connectivity index (χ3n) is 4.55. The molecule has 0 amide bonds. The lowest BCUT2D eigenvalue weighted by Crippen LogP contribution is -2.07. The minimum Gasteiger partial charge on any atom is -0.464 e. The van der Waals surface area contributed by atoms with Crippen molar-refractivity contribution in [2.75, 3.05) is 7.11 Å². The number of benzene rings is 2. The molecule has 2 aromatic heterocycles. The molecule has 0 aliphatic rings. The summed E-state index contributed by atoms with van der Waals surface area (Å²) in [7, 11) is 1.35. The van der Waals surface area contributed by atoms with Crippen LogP contribution in [-0.2, 0) is 4.74 Å². The van der Waals surface area contributed by atoms with Crippen LogP contribution in [0.15, 0.2) is 85.1 Å². The minimum absolute atomic E-state index is 0.131. The molecule has 4 rings (SSSR count). The van der Waals surface area contributed by atoms with Gasteiger partial charge in [-0.3, -0.25) is 4.79 Å². The number of methoxy groups -OCH3 is 1. The smallest absolute Gasteiger partial charge is 0.355 e. The van der Waals surface area contributed by atoms with Crippen LogP contribution in [0.1, 0.15) is 26.4 Å². The number of carbonyl (C=O) groups is 2. The minimum atomic E-state index is -0.484. The van der Waals surface area contributed by atoms with Crippen molar-refractivity contribution in [2.24, 2.45) is 0 Å². The van der Waals surface area contributed by atoms with Crippen LogP contribution in [0.3, 0.4) is 0 Å². The van der Waals surface area contributed by atoms with E-state index in [-0.39, 0.29) is 5.78 Å². The molecule has 132 valence electrons. The van der Waals surface area contributed by atoms with Crippen LogP contribution in [0, 0.1) is 0 Å². The average Bonchev–Trinajstić information content (AvgIpc) is 3.09. The van der Waals surface area contributed by atoms with Crippen LogP contribution >= 0.6 is 0 Å². The highest BCUT2D eigenvalue weighted by atomic mass is 16.5. The molecule has 0 bridgehead atoms. The molecule has 0 aliphatic heterocycles. The van der Waals surface area contributed by atoms with Gasteiger partial charge in [-0.05, 0) is 17.7 Å². The van der Waals surface area contributed by atoms with E-state index in [2.05, 4.69) is 0 Å². The van der Waals surface area contributed by atoms with Crippen molar-refractivity contribution in [2.45, 2.75) is 0 Å². The Kier molecular flexibility index (Phi) is 4.30. The van der Waals surface area contributed by atoms with E-state index in [9.17, 15) is 9.59 Å². The molecule has 0 radical (unpaired) electrons. The van der Waals surface area contributed by atoms with E-state index >= 15 is 0 Å². The van der Waals surface area contributed by atoms with Gasteiger partial charge >= 0.3 is 5.97 Å². The van der Waals surface area contributed by atoms with Gasteiger partial charge < -0.3 is 9.14 Å². The Morgan fingerprint density at radius 2 is 1.44 bits per heavy atom. The molecule has 0 fully saturated rings. The summed E-state index contributed by atoms with van der Waals surface area (Å²) in [5.74, 6) is -0.615. The summed E-state index contributed by atoms with van der Waals surface area (Å²) in [5.41, 5.74) is 3.46. The molecule has 2 aromatic carbocycles. The highest BCUT2D eigenvalue weighted by molar-refractivity contribution is 6.20. The maximum absolute atomic E-state index is 13.4. The van der Waals surface area contributed by atoms with E-state index in [1.54, 1.807) is 22.7 Å². The van der Waals surface area contributed by atoms with Gasteiger partial charge in [0.1, 0.15) is 5.69 Å². The second-order valence-corrected chi connectivity index (χ2v) is 6.11. The van der Waals surface area contributed by atoms with E-state index in [4.69, 9.17) is 4.74 Å². The summed E-state index contributed by atoms with van der Waals surface area (Å²) in [6.07, 6.45) is 1.77. The molecule has 0 saturated carbocycles. The normalized spacial score (nSPS) is 10.7. The molecule has 27 heavy (non-hydrogen) atoms. The maximum Gasteiger partial charge on any atom is 0.355 e. The van der Waals surface area contributed by atoms with Gasteiger partial charge in [-0.1, -0.05) is 66.7 Å². The van der Waals surface area contributed by atoms with Crippen molar-refractivity contribution >= 4 is 17.3 Å². The Morgan fingerprint density at radius 3 is 2.11 bits per heavy atom. The predicted molar refractivity (Wildman–Crippen MR) is 104 cm³/mol. The van der Waals surface area contributed by atoms with Crippen molar-refractivity contribution in [3.05, 3.63) is 102 Å². The number of ketones is 1. The largest absolute Gasteiger partial charge is 0.464 e. The number of aromatic nitrogens is 1. The first-order valence-electron chi connectivity index (χ1n) is 8.59. The highest BCUT2D eigenvalue weighted by Crippen LogP contribution is 2.35. The molecule has 4 heteroatoms. The second-order valence-electron chi connectivity index (χ2n) is 6.11. The average molecular weight is 355 g/mol. The standard InChI is InChI=1S/C23H17NO3/c1-27-23(26)21-19(16-10-4-2-5-11-16)20(18-14-8-9-15-24(18)21)22(25)17-12-6-3-7-13-17/h2-15H,1H3. The van der Waals surface area contributed by atoms with Gasteiger partial charge in [-0.15, -0.1) is 0 Å². The van der Waals surface area contributed by atoms with Crippen LogP contribution in [0.5, 0.6) is 0 Å². The zero-order chi connectivity index (χ0) is 18.8. The topological polar surface area (TPSA) is 47.8 Å². The van der Waals surface area contributed by atoms with E-state index in [1.165, 1.54) is 7.11 Å². The Balaban J connectivity index is 2.11. The first-order chi connectivity index (χ1) is 13.2. The fourth-order valence-electron chi connectivity index (χ4n) is 3.36. The van der Waals surface area contributed by atoms with Crippen molar-refractivity contribution in [3.8, 4) is 11.1 Å². The number of ether oxygens (including phenoxy) is 1. The van der Waals surface area contributed by atoms with Gasteiger partial charge in [-0.25, -0.2) is 4.79 Å². The van der Waals surface area contributed by atoms with Gasteiger partial charge in [0, 0.05) is 17.3 Å². The predicted octanol–water partition coefficient (Wildman–Crippen LogP) is 4.62. The lowest BCUT2D eigenvalue weighted by atomic mass is 9.94. The number of pyridine rings is 1. The fourth-order valence-corrected chi connectivity index (χ4v) is 3.36. The third-order valence-corrected chi connectivity index (χ3v) is 4.55. The Hall–Kier alpha value is -3.66. The number of carbonyl (C=O) groups excluding carboxylic acids is 2. The summed E-state index contributed by atoms with van der Waals surface area (Å²) in [6.45, 7) is 0. The summed E-state index contributed by atoms with van der Waals surface area (Å²) < 4.78 is 6.76. The number of hydrogen-bond acceptors (Lipinski definition) is 3. The summed E-state index contributed by atoms with van der Waals surface area (Å²) >= 11 is 0. The zero-order valence-electron chi connectivity index (χ0n) is 14.8. The van der Waals surface area contributed by atoms with Crippen LogP contribution in [0.4, 0.5) is 0 Å². The molecule has 0 atom stereocenters. The lowest BCUT2D eigenvalue weighted by Gasteiger charge is -2.07. The highest BCUT2D eigenvalue weighted by Gasteiger charge is 2.28. The van der Waals surface area contributed by atoms with Gasteiger partial charge in [0.15, 0.2) is 5.78 Å².